The Balaban J connectivity index is 2.02. The van der Waals surface area contributed by atoms with E-state index in [4.69, 9.17) is 5.73 Å². The van der Waals surface area contributed by atoms with Crippen molar-refractivity contribution in [1.82, 2.24) is 14.5 Å². The summed E-state index contributed by atoms with van der Waals surface area (Å²) < 4.78 is 1.63. The van der Waals surface area contributed by atoms with Crippen molar-refractivity contribution in [1.29, 1.82) is 0 Å². The maximum atomic E-state index is 13.9. The summed E-state index contributed by atoms with van der Waals surface area (Å²) in [6.45, 7) is 8.76. The van der Waals surface area contributed by atoms with E-state index in [0.717, 1.165) is 31.2 Å². The van der Waals surface area contributed by atoms with Crippen LogP contribution in [-0.4, -0.2) is 50.8 Å². The van der Waals surface area contributed by atoms with Gasteiger partial charge in [0.1, 0.15) is 6.04 Å². The molecule has 3 amide bonds. The molecule has 2 aromatic rings. The third-order valence-corrected chi connectivity index (χ3v) is 6.29. The molecule has 9 nitrogen and oxygen atoms in total. The molecule has 2 heterocycles. The number of benzene rings is 1. The first-order valence-corrected chi connectivity index (χ1v) is 12.4. The number of unbranched alkanes of at least 4 members (excludes halogenated alkanes) is 1. The minimum Gasteiger partial charge on any atom is -0.341 e. The number of hydrogen-bond donors (Lipinski definition) is 3. The molecule has 0 radical (unpaired) electrons. The molecule has 1 fully saturated rings. The Morgan fingerprint density at radius 2 is 1.80 bits per heavy atom. The van der Waals surface area contributed by atoms with Crippen molar-refractivity contribution in [3.05, 3.63) is 42.1 Å². The van der Waals surface area contributed by atoms with Gasteiger partial charge in [-0.1, -0.05) is 50.6 Å². The van der Waals surface area contributed by atoms with Crippen LogP contribution in [0.1, 0.15) is 71.4 Å². The van der Waals surface area contributed by atoms with Gasteiger partial charge in [-0.25, -0.2) is 0 Å². The molecule has 4 N–H and O–H groups in total. The number of piperidine rings is 1. The molecule has 190 valence electrons. The summed E-state index contributed by atoms with van der Waals surface area (Å²) in [6, 6.07) is 8.65. The zero-order valence-corrected chi connectivity index (χ0v) is 21.2. The second-order valence-electron chi connectivity index (χ2n) is 10.0. The molecule has 1 aliphatic heterocycles. The maximum absolute atomic E-state index is 13.9. The summed E-state index contributed by atoms with van der Waals surface area (Å²) in [5.41, 5.74) is 5.61. The van der Waals surface area contributed by atoms with Gasteiger partial charge in [0.05, 0.1) is 11.7 Å². The lowest BCUT2D eigenvalue weighted by atomic mass is 9.97. The number of carbonyl (C=O) groups excluding carboxylic acids is 3. The number of imidazole rings is 1. The van der Waals surface area contributed by atoms with E-state index in [-0.39, 0.29) is 23.6 Å². The standard InChI is InChI=1S/C26H38N6O3/c1-5-6-12-21(33)28-20-17-32(25(29-20)30-24(35)26(3,4)27)22(19-10-8-7-9-11-19)23(34)31-15-13-18(2)14-16-31/h7-11,17-18,22H,5-6,12-16,27H2,1-4H3,(H,28,33)(H,29,30,35)/t22-/m1/s1. The van der Waals surface area contributed by atoms with Crippen molar-refractivity contribution in [2.75, 3.05) is 23.7 Å². The number of likely N-dealkylation sites (tertiary alicyclic amines) is 1. The molecule has 35 heavy (non-hydrogen) atoms. The van der Waals surface area contributed by atoms with Gasteiger partial charge in [-0.3, -0.25) is 24.3 Å². The lowest BCUT2D eigenvalue weighted by molar-refractivity contribution is -0.135. The Hall–Kier alpha value is -3.20. The Labute approximate surface area is 207 Å². The van der Waals surface area contributed by atoms with Crippen LogP contribution in [0.5, 0.6) is 0 Å². The molecular weight excluding hydrogens is 444 g/mol. The number of aromatic nitrogens is 2. The van der Waals surface area contributed by atoms with E-state index < -0.39 is 17.5 Å². The van der Waals surface area contributed by atoms with E-state index in [1.807, 2.05) is 42.2 Å². The number of anilines is 2. The lowest BCUT2D eigenvalue weighted by Crippen LogP contribution is -2.46. The first-order chi connectivity index (χ1) is 16.6. The Bertz CT molecular complexity index is 1020. The number of hydrogen-bond acceptors (Lipinski definition) is 5. The molecule has 0 saturated carbocycles. The first-order valence-electron chi connectivity index (χ1n) is 12.4. The summed E-state index contributed by atoms with van der Waals surface area (Å²) >= 11 is 0. The van der Waals surface area contributed by atoms with Gasteiger partial charge in [0.2, 0.25) is 23.7 Å². The van der Waals surface area contributed by atoms with Gasteiger partial charge in [0.25, 0.3) is 0 Å². The van der Waals surface area contributed by atoms with E-state index in [0.29, 0.717) is 25.4 Å². The van der Waals surface area contributed by atoms with Gasteiger partial charge in [-0.05, 0) is 44.6 Å². The van der Waals surface area contributed by atoms with Crippen molar-refractivity contribution in [2.45, 2.75) is 71.4 Å². The zero-order chi connectivity index (χ0) is 25.6. The van der Waals surface area contributed by atoms with Crippen molar-refractivity contribution >= 4 is 29.5 Å². The summed E-state index contributed by atoms with van der Waals surface area (Å²) in [5, 5.41) is 5.57. The molecular formula is C26H38N6O3. The molecule has 1 aromatic carbocycles. The Kier molecular flexibility index (Phi) is 8.67. The van der Waals surface area contributed by atoms with Gasteiger partial charge < -0.3 is 16.0 Å². The van der Waals surface area contributed by atoms with E-state index in [9.17, 15) is 14.4 Å². The number of nitrogens with two attached hydrogens (primary N) is 1. The molecule has 1 atom stereocenters. The predicted molar refractivity (Wildman–Crippen MR) is 137 cm³/mol. The third-order valence-electron chi connectivity index (χ3n) is 6.29. The molecule has 9 heteroatoms. The van der Waals surface area contributed by atoms with Gasteiger partial charge in [0, 0.05) is 19.5 Å². The van der Waals surface area contributed by atoms with Crippen molar-refractivity contribution in [2.24, 2.45) is 11.7 Å². The molecule has 0 aliphatic carbocycles. The fourth-order valence-corrected chi connectivity index (χ4v) is 4.01. The summed E-state index contributed by atoms with van der Waals surface area (Å²) in [7, 11) is 0. The molecule has 1 aliphatic rings. The molecule has 1 aromatic heterocycles. The second kappa shape index (κ2) is 11.5. The molecule has 0 bridgehead atoms. The van der Waals surface area contributed by atoms with Crippen LogP contribution in [0.3, 0.4) is 0 Å². The monoisotopic (exact) mass is 482 g/mol. The fraction of sp³-hybridized carbons (Fsp3) is 0.538. The normalized spacial score (nSPS) is 15.5. The molecule has 0 spiro atoms. The summed E-state index contributed by atoms with van der Waals surface area (Å²) in [6.07, 6.45) is 5.53. The van der Waals surface area contributed by atoms with Crippen LogP contribution >= 0.6 is 0 Å². The van der Waals surface area contributed by atoms with Crippen molar-refractivity contribution < 1.29 is 14.4 Å². The van der Waals surface area contributed by atoms with E-state index >= 15 is 0 Å². The average Bonchev–Trinajstić information content (AvgIpc) is 3.19. The SMILES string of the molecule is CCCCC(=O)Nc1cn([C@@H](C(=O)N2CCC(C)CC2)c2ccccc2)c(NC(=O)C(C)(C)N)n1. The zero-order valence-electron chi connectivity index (χ0n) is 21.2. The van der Waals surface area contributed by atoms with Gasteiger partial charge in [-0.15, -0.1) is 0 Å². The second-order valence-corrected chi connectivity index (χ2v) is 10.0. The largest absolute Gasteiger partial charge is 0.341 e. The van der Waals surface area contributed by atoms with Crippen LogP contribution in [0.15, 0.2) is 36.5 Å². The molecule has 0 unspecified atom stereocenters. The van der Waals surface area contributed by atoms with Crippen LogP contribution in [-0.2, 0) is 14.4 Å². The summed E-state index contributed by atoms with van der Waals surface area (Å²) in [4.78, 5) is 45.3. The number of rotatable bonds is 9. The van der Waals surface area contributed by atoms with Crippen LogP contribution in [0.25, 0.3) is 0 Å². The average molecular weight is 483 g/mol. The Morgan fingerprint density at radius 3 is 2.40 bits per heavy atom. The number of carbonyl (C=O) groups is 3. The van der Waals surface area contributed by atoms with Crippen molar-refractivity contribution in [3.8, 4) is 0 Å². The van der Waals surface area contributed by atoms with E-state index in [2.05, 4.69) is 22.5 Å². The highest BCUT2D eigenvalue weighted by atomic mass is 16.2. The minimum absolute atomic E-state index is 0.0770. The van der Waals surface area contributed by atoms with Crippen LogP contribution in [0.2, 0.25) is 0 Å². The van der Waals surface area contributed by atoms with Gasteiger partial charge in [-0.2, -0.15) is 4.98 Å². The van der Waals surface area contributed by atoms with Crippen LogP contribution < -0.4 is 16.4 Å². The van der Waals surface area contributed by atoms with E-state index in [1.165, 1.54) is 0 Å². The summed E-state index contributed by atoms with van der Waals surface area (Å²) in [5.74, 6) is 0.324. The van der Waals surface area contributed by atoms with E-state index in [1.54, 1.807) is 24.6 Å². The number of nitrogens with one attached hydrogen (secondary N) is 2. The number of amides is 3. The smallest absolute Gasteiger partial charge is 0.250 e. The third kappa shape index (κ3) is 6.91. The van der Waals surface area contributed by atoms with Crippen molar-refractivity contribution in [3.63, 3.8) is 0 Å². The quantitative estimate of drug-likeness (QED) is 0.505. The maximum Gasteiger partial charge on any atom is 0.250 e. The highest BCUT2D eigenvalue weighted by Gasteiger charge is 2.33. The highest BCUT2D eigenvalue weighted by molar-refractivity contribution is 5.97. The predicted octanol–water partition coefficient (Wildman–Crippen LogP) is 3.54. The van der Waals surface area contributed by atoms with Gasteiger partial charge in [0.15, 0.2) is 5.82 Å². The highest BCUT2D eigenvalue weighted by Crippen LogP contribution is 2.29. The Morgan fingerprint density at radius 1 is 1.14 bits per heavy atom. The van der Waals surface area contributed by atoms with Gasteiger partial charge >= 0.3 is 0 Å². The number of nitrogens with zero attached hydrogens (tertiary/aromatic N) is 3. The van der Waals surface area contributed by atoms with Crippen LogP contribution in [0, 0.1) is 5.92 Å². The fourth-order valence-electron chi connectivity index (χ4n) is 4.01. The lowest BCUT2D eigenvalue weighted by Gasteiger charge is -2.34. The molecule has 3 rings (SSSR count). The van der Waals surface area contributed by atoms with Crippen LogP contribution in [0.4, 0.5) is 11.8 Å². The first kappa shape index (κ1) is 26.4. The molecule has 1 saturated heterocycles. The minimum atomic E-state index is -1.16. The topological polar surface area (TPSA) is 122 Å².